The maximum absolute atomic E-state index is 13.9. The van der Waals surface area contributed by atoms with E-state index < -0.39 is 6.10 Å². The van der Waals surface area contributed by atoms with Crippen LogP contribution in [0.5, 0.6) is 5.75 Å². The Morgan fingerprint density at radius 1 is 0.895 bits per heavy atom. The van der Waals surface area contributed by atoms with Crippen molar-refractivity contribution in [1.82, 2.24) is 9.88 Å². The molecule has 192 valence electrons. The van der Waals surface area contributed by atoms with Crippen LogP contribution in [-0.4, -0.2) is 53.2 Å². The van der Waals surface area contributed by atoms with Crippen LogP contribution in [0.4, 0.5) is 11.4 Å². The Kier molecular flexibility index (Phi) is 6.90. The van der Waals surface area contributed by atoms with Crippen LogP contribution in [0.3, 0.4) is 0 Å². The molecule has 1 aromatic heterocycles. The van der Waals surface area contributed by atoms with E-state index in [1.165, 1.54) is 0 Å². The predicted molar refractivity (Wildman–Crippen MR) is 151 cm³/mol. The van der Waals surface area contributed by atoms with Crippen molar-refractivity contribution < 1.29 is 14.6 Å². The summed E-state index contributed by atoms with van der Waals surface area (Å²) in [5.74, 6) is 0.801. The summed E-state index contributed by atoms with van der Waals surface area (Å²) in [4.78, 5) is 22.4. The van der Waals surface area contributed by atoms with E-state index >= 15 is 0 Å². The van der Waals surface area contributed by atoms with E-state index in [2.05, 4.69) is 34.2 Å². The fourth-order valence-electron chi connectivity index (χ4n) is 5.49. The molecule has 0 radical (unpaired) electrons. The number of carbonyl (C=O) groups excluding carboxylic acids is 1. The van der Waals surface area contributed by atoms with Gasteiger partial charge in [0.05, 0.1) is 16.9 Å². The number of fused-ring (bicyclic) bond motifs is 3. The lowest BCUT2D eigenvalue weighted by Crippen LogP contribution is -2.44. The first-order valence-corrected chi connectivity index (χ1v) is 13.2. The molecule has 6 nitrogen and oxygen atoms in total. The number of likely N-dealkylation sites (tertiary alicyclic amines) is 1. The smallest absolute Gasteiger partial charge is 0.234 e. The average molecular weight is 506 g/mol. The fourth-order valence-corrected chi connectivity index (χ4v) is 5.49. The second-order valence-corrected chi connectivity index (χ2v) is 9.99. The zero-order chi connectivity index (χ0) is 25.9. The number of anilines is 2. The lowest BCUT2D eigenvalue weighted by molar-refractivity contribution is -0.123. The molecule has 1 amide bonds. The van der Waals surface area contributed by atoms with Gasteiger partial charge in [0.2, 0.25) is 5.91 Å². The molecular weight excluding hydrogens is 474 g/mol. The highest BCUT2D eigenvalue weighted by Crippen LogP contribution is 2.38. The first kappa shape index (κ1) is 24.3. The molecule has 6 rings (SSSR count). The standard InChI is InChI=1S/C32H31N3O3/c36-26(22-38-31-13-5-10-28-27(31)9-6-18-33-28)21-34-19-16-25(17-20-34)32(37)35-29-11-3-1-7-23(29)14-15-24-8-2-4-12-30(24)35/h1-15,18,25-26,36H,16-17,19-22H2. The summed E-state index contributed by atoms with van der Waals surface area (Å²) in [7, 11) is 0. The van der Waals surface area contributed by atoms with Gasteiger partial charge in [0.1, 0.15) is 18.5 Å². The quantitative estimate of drug-likeness (QED) is 0.373. The van der Waals surface area contributed by atoms with Crippen LogP contribution in [-0.2, 0) is 4.79 Å². The lowest BCUT2D eigenvalue weighted by Gasteiger charge is -2.35. The Morgan fingerprint density at radius 2 is 1.58 bits per heavy atom. The van der Waals surface area contributed by atoms with Gasteiger partial charge in [-0.3, -0.25) is 14.7 Å². The Morgan fingerprint density at radius 3 is 2.29 bits per heavy atom. The molecule has 0 spiro atoms. The van der Waals surface area contributed by atoms with Gasteiger partial charge < -0.3 is 14.7 Å². The summed E-state index contributed by atoms with van der Waals surface area (Å²) in [6.45, 7) is 2.26. The number of pyridine rings is 1. The number of piperidine rings is 1. The summed E-state index contributed by atoms with van der Waals surface area (Å²) in [6, 6.07) is 25.8. The minimum atomic E-state index is -0.621. The zero-order valence-electron chi connectivity index (χ0n) is 21.2. The molecule has 1 N–H and O–H groups in total. The molecule has 4 aromatic rings. The van der Waals surface area contributed by atoms with E-state index in [0.717, 1.165) is 65.1 Å². The molecule has 2 aliphatic rings. The first-order valence-electron chi connectivity index (χ1n) is 13.2. The number of nitrogens with zero attached hydrogens (tertiary/aromatic N) is 3. The predicted octanol–water partition coefficient (Wildman–Crippen LogP) is 5.54. The van der Waals surface area contributed by atoms with Crippen LogP contribution < -0.4 is 9.64 Å². The molecule has 1 unspecified atom stereocenters. The van der Waals surface area contributed by atoms with Crippen LogP contribution in [0.15, 0.2) is 85.1 Å². The number of carbonyl (C=O) groups is 1. The molecule has 3 aromatic carbocycles. The normalized spacial score (nSPS) is 16.5. The SMILES string of the molecule is O=C(C1CCN(CC(O)COc2cccc3ncccc23)CC1)N1c2ccccc2C=Cc2ccccc21. The number of ether oxygens (including phenoxy) is 1. The van der Waals surface area contributed by atoms with Gasteiger partial charge in [-0.05, 0) is 73.5 Å². The van der Waals surface area contributed by atoms with Crippen LogP contribution in [0.25, 0.3) is 23.1 Å². The van der Waals surface area contributed by atoms with Crippen molar-refractivity contribution in [2.24, 2.45) is 5.92 Å². The molecule has 0 aliphatic carbocycles. The van der Waals surface area contributed by atoms with Crippen molar-refractivity contribution in [2.45, 2.75) is 18.9 Å². The summed E-state index contributed by atoms with van der Waals surface area (Å²) >= 11 is 0. The van der Waals surface area contributed by atoms with Crippen molar-refractivity contribution in [3.63, 3.8) is 0 Å². The number of rotatable bonds is 6. The van der Waals surface area contributed by atoms with Crippen molar-refractivity contribution in [3.8, 4) is 5.75 Å². The lowest BCUT2D eigenvalue weighted by atomic mass is 9.94. The third kappa shape index (κ3) is 4.93. The van der Waals surface area contributed by atoms with E-state index in [4.69, 9.17) is 4.74 Å². The molecule has 1 saturated heterocycles. The van der Waals surface area contributed by atoms with Gasteiger partial charge in [0, 0.05) is 24.0 Å². The molecule has 0 saturated carbocycles. The Labute approximate surface area is 222 Å². The van der Waals surface area contributed by atoms with E-state index in [-0.39, 0.29) is 18.4 Å². The van der Waals surface area contributed by atoms with Crippen LogP contribution in [0.1, 0.15) is 24.0 Å². The van der Waals surface area contributed by atoms with Gasteiger partial charge in [-0.25, -0.2) is 0 Å². The second kappa shape index (κ2) is 10.8. The number of benzene rings is 3. The highest BCUT2D eigenvalue weighted by Gasteiger charge is 2.32. The molecule has 1 fully saturated rings. The van der Waals surface area contributed by atoms with E-state index in [1.54, 1.807) is 6.20 Å². The number of hydrogen-bond donors (Lipinski definition) is 1. The molecule has 38 heavy (non-hydrogen) atoms. The average Bonchev–Trinajstić information content (AvgIpc) is 3.13. The number of aliphatic hydroxyl groups excluding tert-OH is 1. The molecule has 6 heteroatoms. The topological polar surface area (TPSA) is 65.9 Å². The van der Waals surface area contributed by atoms with E-state index in [1.807, 2.05) is 71.6 Å². The monoisotopic (exact) mass is 505 g/mol. The summed E-state index contributed by atoms with van der Waals surface area (Å²) in [5, 5.41) is 11.6. The van der Waals surface area contributed by atoms with Gasteiger partial charge in [0.25, 0.3) is 0 Å². The van der Waals surface area contributed by atoms with Gasteiger partial charge in [-0.1, -0.05) is 54.6 Å². The number of β-amino-alcohol motifs (C(OH)–C–C–N with tert-alkyl or cyclic N) is 1. The Hall–Kier alpha value is -4.00. The van der Waals surface area contributed by atoms with Crippen molar-refractivity contribution in [1.29, 1.82) is 0 Å². The van der Waals surface area contributed by atoms with E-state index in [9.17, 15) is 9.90 Å². The molecular formula is C32H31N3O3. The Balaban J connectivity index is 1.08. The van der Waals surface area contributed by atoms with Crippen LogP contribution >= 0.6 is 0 Å². The van der Waals surface area contributed by atoms with Crippen molar-refractivity contribution in [3.05, 3.63) is 96.2 Å². The van der Waals surface area contributed by atoms with E-state index in [0.29, 0.717) is 6.54 Å². The van der Waals surface area contributed by atoms with Crippen LogP contribution in [0, 0.1) is 5.92 Å². The third-order valence-corrected chi connectivity index (χ3v) is 7.46. The molecule has 1 atom stereocenters. The van der Waals surface area contributed by atoms with Crippen molar-refractivity contribution >= 4 is 40.3 Å². The van der Waals surface area contributed by atoms with Gasteiger partial charge in [0.15, 0.2) is 0 Å². The molecule has 3 heterocycles. The maximum atomic E-state index is 13.9. The highest BCUT2D eigenvalue weighted by atomic mass is 16.5. The van der Waals surface area contributed by atoms with Gasteiger partial charge >= 0.3 is 0 Å². The maximum Gasteiger partial charge on any atom is 0.234 e. The number of hydrogen-bond acceptors (Lipinski definition) is 5. The largest absolute Gasteiger partial charge is 0.490 e. The van der Waals surface area contributed by atoms with Crippen LogP contribution in [0.2, 0.25) is 0 Å². The number of aromatic nitrogens is 1. The fraction of sp³-hybridized carbons (Fsp3) is 0.250. The first-order chi connectivity index (χ1) is 18.7. The summed E-state index contributed by atoms with van der Waals surface area (Å²) in [5.41, 5.74) is 4.81. The number of amides is 1. The second-order valence-electron chi connectivity index (χ2n) is 9.99. The minimum Gasteiger partial charge on any atom is -0.490 e. The number of aliphatic hydroxyl groups is 1. The Bertz CT molecular complexity index is 1420. The number of para-hydroxylation sites is 2. The molecule has 2 aliphatic heterocycles. The minimum absolute atomic E-state index is 0.0676. The van der Waals surface area contributed by atoms with Gasteiger partial charge in [-0.2, -0.15) is 0 Å². The molecule has 0 bridgehead atoms. The van der Waals surface area contributed by atoms with Gasteiger partial charge in [-0.15, -0.1) is 0 Å². The van der Waals surface area contributed by atoms with Crippen molar-refractivity contribution in [2.75, 3.05) is 31.1 Å². The highest BCUT2D eigenvalue weighted by molar-refractivity contribution is 6.07. The summed E-state index contributed by atoms with van der Waals surface area (Å²) < 4.78 is 5.96. The zero-order valence-corrected chi connectivity index (χ0v) is 21.2. The third-order valence-electron chi connectivity index (χ3n) is 7.46. The summed E-state index contributed by atoms with van der Waals surface area (Å²) in [6.07, 6.45) is 6.83.